The molecular weight excluding hydrogens is 178 g/mol. The van der Waals surface area contributed by atoms with E-state index in [1.807, 2.05) is 11.8 Å². The molecule has 0 atom stereocenters. The Bertz CT molecular complexity index is 216. The van der Waals surface area contributed by atoms with Crippen molar-refractivity contribution in [3.63, 3.8) is 0 Å². The molecule has 0 aliphatic carbocycles. The highest BCUT2D eigenvalue weighted by molar-refractivity contribution is 8.02. The molecule has 0 aromatic heterocycles. The summed E-state index contributed by atoms with van der Waals surface area (Å²) >= 11 is 1.87. The third-order valence-corrected chi connectivity index (χ3v) is 3.70. The van der Waals surface area contributed by atoms with E-state index in [0.717, 1.165) is 0 Å². The number of allylic oxidation sites excluding steroid dienone is 1. The van der Waals surface area contributed by atoms with Crippen LogP contribution in [0.3, 0.4) is 0 Å². The first-order chi connectivity index (χ1) is 5.87. The monoisotopic (exact) mass is 199 g/mol. The van der Waals surface area contributed by atoms with Crippen LogP contribution in [-0.2, 0) is 0 Å². The molecule has 0 amide bonds. The van der Waals surface area contributed by atoms with Crippen LogP contribution >= 0.6 is 11.8 Å². The second-order valence-corrected chi connectivity index (χ2v) is 5.79. The predicted octanol–water partition coefficient (Wildman–Crippen LogP) is 3.17. The van der Waals surface area contributed by atoms with Gasteiger partial charge in [0.15, 0.2) is 0 Å². The molecule has 0 aromatic rings. The Labute approximate surface area is 86.4 Å². The lowest BCUT2D eigenvalue weighted by Gasteiger charge is -2.36. The maximum Gasteiger partial charge on any atom is 0.0437 e. The lowest BCUT2D eigenvalue weighted by molar-refractivity contribution is 0.298. The van der Waals surface area contributed by atoms with Gasteiger partial charge in [0, 0.05) is 16.0 Å². The Balaban J connectivity index is 2.87. The van der Waals surface area contributed by atoms with Gasteiger partial charge in [0.25, 0.3) is 0 Å². The number of hydrogen-bond acceptors (Lipinski definition) is 2. The van der Waals surface area contributed by atoms with E-state index in [0.29, 0.717) is 0 Å². The van der Waals surface area contributed by atoms with Crippen LogP contribution in [0.4, 0.5) is 0 Å². The zero-order valence-corrected chi connectivity index (χ0v) is 10.2. The van der Waals surface area contributed by atoms with Crippen LogP contribution in [0.15, 0.2) is 11.0 Å². The quantitative estimate of drug-likeness (QED) is 0.696. The van der Waals surface area contributed by atoms with E-state index >= 15 is 0 Å². The molecule has 0 fully saturated rings. The highest BCUT2D eigenvalue weighted by atomic mass is 32.2. The standard InChI is InChI=1S/C11H21NS/c1-10(2)8-6-7-9(13-5)11(3,4)12-10/h7,12H,6,8H2,1-5H3. The van der Waals surface area contributed by atoms with E-state index in [2.05, 4.69) is 45.3 Å². The van der Waals surface area contributed by atoms with Crippen LogP contribution in [0.25, 0.3) is 0 Å². The molecular formula is C11H21NS. The normalized spacial score (nSPS) is 26.4. The number of nitrogens with one attached hydrogen (secondary N) is 1. The second kappa shape index (κ2) is 3.66. The molecule has 1 rings (SSSR count). The zero-order valence-electron chi connectivity index (χ0n) is 9.40. The minimum absolute atomic E-state index is 0.138. The van der Waals surface area contributed by atoms with Crippen molar-refractivity contribution in [3.05, 3.63) is 11.0 Å². The van der Waals surface area contributed by atoms with Crippen molar-refractivity contribution in [3.8, 4) is 0 Å². The molecule has 1 N–H and O–H groups in total. The first-order valence-electron chi connectivity index (χ1n) is 4.91. The fourth-order valence-electron chi connectivity index (χ4n) is 2.13. The fraction of sp³-hybridized carbons (Fsp3) is 0.818. The minimum atomic E-state index is 0.138. The van der Waals surface area contributed by atoms with Crippen molar-refractivity contribution < 1.29 is 0 Å². The number of hydrogen-bond donors (Lipinski definition) is 1. The Kier molecular flexibility index (Phi) is 3.13. The van der Waals surface area contributed by atoms with Crippen LogP contribution in [0.5, 0.6) is 0 Å². The zero-order chi connectivity index (χ0) is 10.1. The lowest BCUT2D eigenvalue weighted by atomic mass is 9.96. The summed E-state index contributed by atoms with van der Waals surface area (Å²) < 4.78 is 0. The SMILES string of the molecule is CSC1=CCCC(C)(C)NC1(C)C. The van der Waals surface area contributed by atoms with Gasteiger partial charge in [-0.25, -0.2) is 0 Å². The smallest absolute Gasteiger partial charge is 0.0437 e. The highest BCUT2D eigenvalue weighted by Crippen LogP contribution is 2.32. The Morgan fingerprint density at radius 2 is 1.92 bits per heavy atom. The van der Waals surface area contributed by atoms with Gasteiger partial charge in [-0.1, -0.05) is 6.08 Å². The van der Waals surface area contributed by atoms with Crippen molar-refractivity contribution in [2.45, 2.75) is 51.6 Å². The van der Waals surface area contributed by atoms with Gasteiger partial charge in [-0.15, -0.1) is 11.8 Å². The van der Waals surface area contributed by atoms with Crippen LogP contribution in [0.2, 0.25) is 0 Å². The largest absolute Gasteiger partial charge is 0.302 e. The molecule has 1 aliphatic heterocycles. The highest BCUT2D eigenvalue weighted by Gasteiger charge is 2.31. The summed E-state index contributed by atoms with van der Waals surface area (Å²) in [5.74, 6) is 0. The molecule has 1 nitrogen and oxygen atoms in total. The lowest BCUT2D eigenvalue weighted by Crippen LogP contribution is -2.51. The van der Waals surface area contributed by atoms with Crippen LogP contribution in [-0.4, -0.2) is 17.3 Å². The average Bonchev–Trinajstić information content (AvgIpc) is 2.03. The minimum Gasteiger partial charge on any atom is -0.302 e. The molecule has 0 radical (unpaired) electrons. The molecule has 0 aromatic carbocycles. The van der Waals surface area contributed by atoms with E-state index in [1.54, 1.807) is 0 Å². The third kappa shape index (κ3) is 2.75. The molecule has 0 spiro atoms. The summed E-state index contributed by atoms with van der Waals surface area (Å²) in [5, 5.41) is 3.71. The molecule has 1 aliphatic rings. The van der Waals surface area contributed by atoms with Crippen molar-refractivity contribution in [2.24, 2.45) is 0 Å². The molecule has 0 bridgehead atoms. The molecule has 1 heterocycles. The number of rotatable bonds is 1. The fourth-order valence-corrected chi connectivity index (χ4v) is 2.97. The summed E-state index contributed by atoms with van der Waals surface area (Å²) in [6, 6.07) is 0. The first kappa shape index (κ1) is 11.1. The average molecular weight is 199 g/mol. The van der Waals surface area contributed by atoms with E-state index in [-0.39, 0.29) is 11.1 Å². The maximum absolute atomic E-state index is 3.71. The topological polar surface area (TPSA) is 12.0 Å². The summed E-state index contributed by atoms with van der Waals surface area (Å²) in [6.07, 6.45) is 6.96. The molecule has 2 heteroatoms. The Morgan fingerprint density at radius 3 is 2.46 bits per heavy atom. The maximum atomic E-state index is 3.71. The van der Waals surface area contributed by atoms with Gasteiger partial charge in [0.2, 0.25) is 0 Å². The van der Waals surface area contributed by atoms with Crippen molar-refractivity contribution >= 4 is 11.8 Å². The Morgan fingerprint density at radius 1 is 1.31 bits per heavy atom. The van der Waals surface area contributed by atoms with Gasteiger partial charge in [-0.2, -0.15) is 0 Å². The molecule has 13 heavy (non-hydrogen) atoms. The molecule has 0 unspecified atom stereocenters. The third-order valence-electron chi connectivity index (χ3n) is 2.59. The summed E-state index contributed by atoms with van der Waals surface area (Å²) in [4.78, 5) is 1.47. The molecule has 0 saturated heterocycles. The van der Waals surface area contributed by atoms with Crippen LogP contribution in [0.1, 0.15) is 40.5 Å². The van der Waals surface area contributed by atoms with E-state index in [4.69, 9.17) is 0 Å². The van der Waals surface area contributed by atoms with Crippen molar-refractivity contribution in [1.29, 1.82) is 0 Å². The molecule has 76 valence electrons. The van der Waals surface area contributed by atoms with E-state index in [1.165, 1.54) is 17.7 Å². The van der Waals surface area contributed by atoms with Crippen molar-refractivity contribution in [2.75, 3.05) is 6.26 Å². The van der Waals surface area contributed by atoms with Gasteiger partial charge in [0.05, 0.1) is 0 Å². The first-order valence-corrected chi connectivity index (χ1v) is 6.14. The second-order valence-electron chi connectivity index (χ2n) is 4.95. The van der Waals surface area contributed by atoms with Gasteiger partial charge in [-0.05, 0) is 46.8 Å². The summed E-state index contributed by atoms with van der Waals surface area (Å²) in [7, 11) is 0. The van der Waals surface area contributed by atoms with Crippen molar-refractivity contribution in [1.82, 2.24) is 5.32 Å². The van der Waals surface area contributed by atoms with E-state index < -0.39 is 0 Å². The summed E-state index contributed by atoms with van der Waals surface area (Å²) in [6.45, 7) is 9.10. The number of thioether (sulfide) groups is 1. The van der Waals surface area contributed by atoms with Crippen LogP contribution in [0, 0.1) is 0 Å². The van der Waals surface area contributed by atoms with Gasteiger partial charge < -0.3 is 5.32 Å². The summed E-state index contributed by atoms with van der Waals surface area (Å²) in [5.41, 5.74) is 0.400. The van der Waals surface area contributed by atoms with Gasteiger partial charge in [0.1, 0.15) is 0 Å². The van der Waals surface area contributed by atoms with E-state index in [9.17, 15) is 0 Å². The van der Waals surface area contributed by atoms with Gasteiger partial charge >= 0.3 is 0 Å². The van der Waals surface area contributed by atoms with Gasteiger partial charge in [-0.3, -0.25) is 0 Å². The molecule has 0 saturated carbocycles. The van der Waals surface area contributed by atoms with Crippen LogP contribution < -0.4 is 5.32 Å². The Hall–Kier alpha value is 0.0500. The predicted molar refractivity (Wildman–Crippen MR) is 62.1 cm³/mol.